The highest BCUT2D eigenvalue weighted by molar-refractivity contribution is 9.18. The minimum Gasteiger partial charge on any atom is -0.369 e. The quantitative estimate of drug-likeness (QED) is 0.611. The SMILES string of the molecule is Nc1nc2c(c(=O)[nH]1)N=C(Br)[N]2. The number of aromatic amines is 1. The molecule has 6 nitrogen and oxygen atoms in total. The molecule has 1 radical (unpaired) electrons. The van der Waals surface area contributed by atoms with Gasteiger partial charge >= 0.3 is 0 Å². The van der Waals surface area contributed by atoms with Crippen molar-refractivity contribution in [3.8, 4) is 0 Å². The van der Waals surface area contributed by atoms with Gasteiger partial charge in [0.1, 0.15) is 0 Å². The summed E-state index contributed by atoms with van der Waals surface area (Å²) in [6.45, 7) is 0. The van der Waals surface area contributed by atoms with Gasteiger partial charge in [0, 0.05) is 0 Å². The minimum absolute atomic E-state index is 0.0416. The first-order valence-electron chi connectivity index (χ1n) is 3.02. The van der Waals surface area contributed by atoms with Crippen molar-refractivity contribution >= 4 is 38.1 Å². The molecule has 1 aliphatic rings. The van der Waals surface area contributed by atoms with E-state index in [1.165, 1.54) is 0 Å². The Kier molecular flexibility index (Phi) is 1.40. The average Bonchev–Trinajstić information content (AvgIpc) is 2.29. The first-order chi connectivity index (χ1) is 5.66. The van der Waals surface area contributed by atoms with Gasteiger partial charge in [-0.2, -0.15) is 10.3 Å². The lowest BCUT2D eigenvalue weighted by molar-refractivity contribution is 1.10. The number of hydrogen-bond donors (Lipinski definition) is 2. The molecule has 3 N–H and O–H groups in total. The third kappa shape index (κ3) is 0.981. The maximum absolute atomic E-state index is 11.1. The normalized spacial score (nSPS) is 13.6. The van der Waals surface area contributed by atoms with E-state index >= 15 is 0 Å². The van der Waals surface area contributed by atoms with Crippen molar-refractivity contribution in [3.63, 3.8) is 0 Å². The van der Waals surface area contributed by atoms with Crippen LogP contribution in [0.1, 0.15) is 0 Å². The maximum Gasteiger partial charge on any atom is 0.280 e. The number of amidine groups is 1. The van der Waals surface area contributed by atoms with Crippen molar-refractivity contribution < 1.29 is 0 Å². The first-order valence-corrected chi connectivity index (χ1v) is 3.82. The van der Waals surface area contributed by atoms with Gasteiger partial charge in [-0.25, -0.2) is 4.99 Å². The Bertz CT molecular complexity index is 422. The lowest BCUT2D eigenvalue weighted by Crippen LogP contribution is -2.10. The molecule has 0 saturated carbocycles. The van der Waals surface area contributed by atoms with Gasteiger partial charge in [-0.3, -0.25) is 9.78 Å². The zero-order valence-corrected chi connectivity index (χ0v) is 7.29. The van der Waals surface area contributed by atoms with E-state index in [-0.39, 0.29) is 23.0 Å². The van der Waals surface area contributed by atoms with Crippen molar-refractivity contribution in [3.05, 3.63) is 10.4 Å². The zero-order valence-electron chi connectivity index (χ0n) is 5.71. The van der Waals surface area contributed by atoms with Gasteiger partial charge in [0.2, 0.25) is 5.95 Å². The van der Waals surface area contributed by atoms with Gasteiger partial charge in [-0.15, -0.1) is 0 Å². The number of anilines is 1. The minimum atomic E-state index is -0.379. The van der Waals surface area contributed by atoms with E-state index in [9.17, 15) is 4.79 Å². The number of fused-ring (bicyclic) bond motifs is 1. The molecule has 0 unspecified atom stereocenters. The van der Waals surface area contributed by atoms with Crippen LogP contribution >= 0.6 is 15.9 Å². The second-order valence-electron chi connectivity index (χ2n) is 2.12. The van der Waals surface area contributed by atoms with E-state index < -0.39 is 0 Å². The number of rotatable bonds is 0. The molecule has 1 aromatic heterocycles. The Labute approximate surface area is 75.0 Å². The number of nitrogen functional groups attached to an aromatic ring is 1. The maximum atomic E-state index is 11.1. The number of hydrogen-bond acceptors (Lipinski definition) is 4. The molecule has 0 amide bonds. The fraction of sp³-hybridized carbons (Fsp3) is 0. The molecule has 0 aliphatic carbocycles. The Balaban J connectivity index is 2.70. The van der Waals surface area contributed by atoms with Crippen LogP contribution in [0.3, 0.4) is 0 Å². The molecule has 61 valence electrons. The number of H-pyrrole nitrogens is 1. The molecule has 7 heteroatoms. The molecule has 0 atom stereocenters. The largest absolute Gasteiger partial charge is 0.369 e. The summed E-state index contributed by atoms with van der Waals surface area (Å²) in [5.41, 5.74) is 5.10. The van der Waals surface area contributed by atoms with Crippen LogP contribution in [0.25, 0.3) is 0 Å². The van der Waals surface area contributed by atoms with E-state index in [2.05, 4.69) is 36.2 Å². The molecule has 0 spiro atoms. The summed E-state index contributed by atoms with van der Waals surface area (Å²) in [4.78, 5) is 21.0. The highest BCUT2D eigenvalue weighted by Crippen LogP contribution is 2.25. The second kappa shape index (κ2) is 2.31. The lowest BCUT2D eigenvalue weighted by Gasteiger charge is -1.94. The molecule has 0 fully saturated rings. The van der Waals surface area contributed by atoms with Crippen molar-refractivity contribution in [2.75, 3.05) is 5.73 Å². The Hall–Kier alpha value is -1.37. The summed E-state index contributed by atoms with van der Waals surface area (Å²) < 4.78 is 0.334. The van der Waals surface area contributed by atoms with Crippen molar-refractivity contribution in [2.45, 2.75) is 0 Å². The first kappa shape index (κ1) is 7.29. The van der Waals surface area contributed by atoms with Crippen LogP contribution in [0.5, 0.6) is 0 Å². The van der Waals surface area contributed by atoms with Gasteiger partial charge in [0.25, 0.3) is 5.56 Å². The number of nitrogens with two attached hydrogens (primary N) is 1. The van der Waals surface area contributed by atoms with Gasteiger partial charge in [0.05, 0.1) is 0 Å². The number of aliphatic imine (C=N–C) groups is 1. The third-order valence-corrected chi connectivity index (χ3v) is 1.65. The van der Waals surface area contributed by atoms with Crippen LogP contribution in [0.15, 0.2) is 9.79 Å². The fourth-order valence-corrected chi connectivity index (χ4v) is 1.20. The van der Waals surface area contributed by atoms with Crippen molar-refractivity contribution in [1.29, 1.82) is 0 Å². The predicted molar refractivity (Wildman–Crippen MR) is 47.1 cm³/mol. The van der Waals surface area contributed by atoms with Crippen LogP contribution in [0.4, 0.5) is 17.5 Å². The summed E-state index contributed by atoms with van der Waals surface area (Å²) >= 11 is 3.03. The number of nitrogens with zero attached hydrogens (tertiary/aromatic N) is 3. The predicted octanol–water partition coefficient (Wildman–Crippen LogP) is -0.0160. The highest BCUT2D eigenvalue weighted by atomic mass is 79.9. The number of halogens is 1. The molecular formula is C5H3BrN5O. The summed E-state index contributed by atoms with van der Waals surface area (Å²) in [6, 6.07) is 0. The zero-order chi connectivity index (χ0) is 8.72. The topological polar surface area (TPSA) is 98.2 Å². The summed E-state index contributed by atoms with van der Waals surface area (Å²) in [6.07, 6.45) is 0. The summed E-state index contributed by atoms with van der Waals surface area (Å²) in [7, 11) is 0. The van der Waals surface area contributed by atoms with Gasteiger partial charge in [-0.05, 0) is 15.9 Å². The standard InChI is InChI=1S/C5H3BrN5O/c6-4-8-1-2(9-4)10-5(7)11-3(1)12/h(H3,7,10,11,12). The van der Waals surface area contributed by atoms with E-state index in [4.69, 9.17) is 5.73 Å². The second-order valence-corrected chi connectivity index (χ2v) is 2.83. The lowest BCUT2D eigenvalue weighted by atomic mass is 10.5. The Morgan fingerprint density at radius 3 is 3.00 bits per heavy atom. The molecule has 12 heavy (non-hydrogen) atoms. The monoisotopic (exact) mass is 228 g/mol. The molecule has 1 aromatic rings. The Morgan fingerprint density at radius 2 is 2.25 bits per heavy atom. The van der Waals surface area contributed by atoms with Gasteiger partial charge < -0.3 is 5.73 Å². The average molecular weight is 229 g/mol. The van der Waals surface area contributed by atoms with Gasteiger partial charge in [0.15, 0.2) is 16.3 Å². The molecule has 1 aliphatic heterocycles. The molecule has 0 saturated heterocycles. The Morgan fingerprint density at radius 1 is 1.50 bits per heavy atom. The fourth-order valence-electron chi connectivity index (χ4n) is 0.855. The molecular weight excluding hydrogens is 226 g/mol. The molecule has 2 heterocycles. The number of aromatic nitrogens is 2. The van der Waals surface area contributed by atoms with E-state index in [0.29, 0.717) is 4.74 Å². The van der Waals surface area contributed by atoms with Crippen molar-refractivity contribution in [1.82, 2.24) is 15.3 Å². The van der Waals surface area contributed by atoms with Crippen LogP contribution in [-0.2, 0) is 0 Å². The third-order valence-electron chi connectivity index (χ3n) is 1.30. The van der Waals surface area contributed by atoms with Crippen LogP contribution in [0, 0.1) is 0 Å². The molecule has 0 bridgehead atoms. The molecule has 0 aromatic carbocycles. The summed E-state index contributed by atoms with van der Waals surface area (Å²) in [5, 5.41) is 3.83. The van der Waals surface area contributed by atoms with Crippen LogP contribution < -0.4 is 16.6 Å². The smallest absolute Gasteiger partial charge is 0.280 e. The molecule has 2 rings (SSSR count). The van der Waals surface area contributed by atoms with E-state index in [0.717, 1.165) is 0 Å². The van der Waals surface area contributed by atoms with Gasteiger partial charge in [-0.1, -0.05) is 0 Å². The van der Waals surface area contributed by atoms with E-state index in [1.807, 2.05) is 0 Å². The van der Waals surface area contributed by atoms with Crippen molar-refractivity contribution in [2.24, 2.45) is 4.99 Å². The summed E-state index contributed by atoms with van der Waals surface area (Å²) in [5.74, 6) is 0.294. The van der Waals surface area contributed by atoms with Crippen LogP contribution in [-0.4, -0.2) is 14.7 Å². The highest BCUT2D eigenvalue weighted by Gasteiger charge is 2.18. The van der Waals surface area contributed by atoms with Crippen LogP contribution in [0.2, 0.25) is 0 Å². The van der Waals surface area contributed by atoms with E-state index in [1.54, 1.807) is 0 Å². The number of nitrogens with one attached hydrogen (secondary N) is 1.